The Morgan fingerprint density at radius 3 is 3.15 bits per heavy atom. The predicted molar refractivity (Wildman–Crippen MR) is 51.6 cm³/mol. The van der Waals surface area contributed by atoms with Crippen LogP contribution in [-0.2, 0) is 6.54 Å². The van der Waals surface area contributed by atoms with Crippen LogP contribution in [0.15, 0.2) is 4.63 Å². The molecule has 1 aromatic rings. The van der Waals surface area contributed by atoms with Crippen LogP contribution in [0.25, 0.3) is 0 Å². The van der Waals surface area contributed by atoms with Crippen LogP contribution >= 0.6 is 11.8 Å². The number of nitrogens with zero attached hydrogens (tertiary/aromatic N) is 2. The molecule has 4 nitrogen and oxygen atoms in total. The lowest BCUT2D eigenvalue weighted by Crippen LogP contribution is -2.28. The van der Waals surface area contributed by atoms with E-state index in [0.29, 0.717) is 6.04 Å². The zero-order chi connectivity index (χ0) is 9.10. The third-order valence-electron chi connectivity index (χ3n) is 2.23. The fourth-order valence-electron chi connectivity index (χ4n) is 1.35. The van der Waals surface area contributed by atoms with Crippen molar-refractivity contribution in [3.63, 3.8) is 0 Å². The number of thioether (sulfide) groups is 1. The molecule has 1 aromatic heterocycles. The summed E-state index contributed by atoms with van der Waals surface area (Å²) in [5.74, 6) is 2.48. The number of rotatable bonds is 3. The van der Waals surface area contributed by atoms with E-state index < -0.39 is 0 Å². The third-order valence-corrected chi connectivity index (χ3v) is 3.40. The Morgan fingerprint density at radius 2 is 2.54 bits per heavy atom. The number of aromatic nitrogens is 2. The number of hydrogen-bond donors (Lipinski definition) is 1. The molecule has 0 aromatic carbocycles. The van der Waals surface area contributed by atoms with Crippen LogP contribution in [0.5, 0.6) is 0 Å². The largest absolute Gasteiger partial charge is 0.307 e. The fraction of sp³-hybridized carbons (Fsp3) is 0.750. The molecule has 1 atom stereocenters. The van der Waals surface area contributed by atoms with Crippen LogP contribution in [0.1, 0.15) is 17.8 Å². The second-order valence-electron chi connectivity index (χ2n) is 3.24. The van der Waals surface area contributed by atoms with Gasteiger partial charge >= 0.3 is 0 Å². The molecule has 2 rings (SSSR count). The normalized spacial score (nSPS) is 22.4. The molecular weight excluding hydrogens is 186 g/mol. The first kappa shape index (κ1) is 9.02. The molecule has 1 aliphatic rings. The summed E-state index contributed by atoms with van der Waals surface area (Å²) < 4.78 is 4.62. The van der Waals surface area contributed by atoms with Crippen molar-refractivity contribution in [2.45, 2.75) is 25.9 Å². The van der Waals surface area contributed by atoms with Gasteiger partial charge in [-0.1, -0.05) is 10.3 Å². The molecule has 2 heterocycles. The van der Waals surface area contributed by atoms with Gasteiger partial charge in [-0.3, -0.25) is 0 Å². The van der Waals surface area contributed by atoms with Crippen molar-refractivity contribution in [3.8, 4) is 0 Å². The molecule has 1 fully saturated rings. The lowest BCUT2D eigenvalue weighted by Gasteiger charge is -2.08. The summed E-state index contributed by atoms with van der Waals surface area (Å²) in [6.45, 7) is 2.69. The minimum absolute atomic E-state index is 0.640. The van der Waals surface area contributed by atoms with E-state index in [-0.39, 0.29) is 0 Å². The second kappa shape index (κ2) is 4.11. The van der Waals surface area contributed by atoms with Gasteiger partial charge in [0, 0.05) is 18.3 Å². The molecule has 5 heteroatoms. The van der Waals surface area contributed by atoms with E-state index in [1.807, 2.05) is 18.7 Å². The molecule has 0 amide bonds. The van der Waals surface area contributed by atoms with E-state index in [9.17, 15) is 0 Å². The molecule has 1 N–H and O–H groups in total. The van der Waals surface area contributed by atoms with E-state index in [2.05, 4.69) is 20.3 Å². The van der Waals surface area contributed by atoms with E-state index in [1.165, 1.54) is 17.9 Å². The Balaban J connectivity index is 1.82. The molecule has 1 saturated heterocycles. The quantitative estimate of drug-likeness (QED) is 0.786. The summed E-state index contributed by atoms with van der Waals surface area (Å²) in [7, 11) is 0. The second-order valence-corrected chi connectivity index (χ2v) is 4.39. The molecule has 0 spiro atoms. The Labute approximate surface area is 81.4 Å². The van der Waals surface area contributed by atoms with Crippen LogP contribution in [0.3, 0.4) is 0 Å². The summed E-state index contributed by atoms with van der Waals surface area (Å²) in [5.41, 5.74) is 1.81. The smallest absolute Gasteiger partial charge is 0.121 e. The van der Waals surface area contributed by atoms with Crippen molar-refractivity contribution in [2.24, 2.45) is 0 Å². The van der Waals surface area contributed by atoms with Gasteiger partial charge < -0.3 is 5.32 Å². The maximum atomic E-state index is 4.62. The van der Waals surface area contributed by atoms with E-state index in [4.69, 9.17) is 0 Å². The average molecular weight is 199 g/mol. The lowest BCUT2D eigenvalue weighted by molar-refractivity contribution is 0.300. The standard InChI is InChI=1S/C8H13N3OS/c1-6-8(11-12-10-6)4-9-7-2-3-13-5-7/h7,9H,2-5H2,1H3. The first-order chi connectivity index (χ1) is 6.36. The van der Waals surface area contributed by atoms with E-state index in [0.717, 1.165) is 17.9 Å². The van der Waals surface area contributed by atoms with Crippen LogP contribution in [0.2, 0.25) is 0 Å². The first-order valence-electron chi connectivity index (χ1n) is 4.45. The van der Waals surface area contributed by atoms with Gasteiger partial charge in [-0.05, 0) is 19.1 Å². The lowest BCUT2D eigenvalue weighted by atomic mass is 10.2. The summed E-state index contributed by atoms with van der Waals surface area (Å²) in [5, 5.41) is 11.0. The number of hydrogen-bond acceptors (Lipinski definition) is 5. The Kier molecular flexibility index (Phi) is 2.85. The van der Waals surface area contributed by atoms with Crippen LogP contribution in [0, 0.1) is 6.92 Å². The van der Waals surface area contributed by atoms with Crippen molar-refractivity contribution in [2.75, 3.05) is 11.5 Å². The third kappa shape index (κ3) is 2.22. The first-order valence-corrected chi connectivity index (χ1v) is 5.61. The highest BCUT2D eigenvalue weighted by atomic mass is 32.2. The van der Waals surface area contributed by atoms with E-state index >= 15 is 0 Å². The maximum Gasteiger partial charge on any atom is 0.121 e. The molecule has 1 aliphatic heterocycles. The van der Waals surface area contributed by atoms with Gasteiger partial charge in [0.1, 0.15) is 11.4 Å². The van der Waals surface area contributed by atoms with Gasteiger partial charge in [-0.25, -0.2) is 4.63 Å². The van der Waals surface area contributed by atoms with E-state index in [1.54, 1.807) is 0 Å². The fourth-order valence-corrected chi connectivity index (χ4v) is 2.53. The highest BCUT2D eigenvalue weighted by molar-refractivity contribution is 7.99. The Hall–Kier alpha value is -0.550. The van der Waals surface area contributed by atoms with Gasteiger partial charge in [-0.15, -0.1) is 0 Å². The molecular formula is C8H13N3OS. The van der Waals surface area contributed by atoms with Crippen molar-refractivity contribution in [3.05, 3.63) is 11.4 Å². The van der Waals surface area contributed by atoms with Crippen LogP contribution < -0.4 is 5.32 Å². The molecule has 0 aliphatic carbocycles. The highest BCUT2D eigenvalue weighted by Crippen LogP contribution is 2.17. The maximum absolute atomic E-state index is 4.62. The van der Waals surface area contributed by atoms with Crippen molar-refractivity contribution in [1.82, 2.24) is 15.6 Å². The molecule has 0 saturated carbocycles. The Bertz CT molecular complexity index is 270. The van der Waals surface area contributed by atoms with Crippen LogP contribution in [0.4, 0.5) is 0 Å². The highest BCUT2D eigenvalue weighted by Gasteiger charge is 2.15. The summed E-state index contributed by atoms with van der Waals surface area (Å²) in [6.07, 6.45) is 1.26. The summed E-state index contributed by atoms with van der Waals surface area (Å²) in [6, 6.07) is 0.640. The van der Waals surface area contributed by atoms with Gasteiger partial charge in [0.15, 0.2) is 0 Å². The molecule has 1 unspecified atom stereocenters. The summed E-state index contributed by atoms with van der Waals surface area (Å²) in [4.78, 5) is 0. The monoisotopic (exact) mass is 199 g/mol. The van der Waals surface area contributed by atoms with Crippen molar-refractivity contribution >= 4 is 11.8 Å². The van der Waals surface area contributed by atoms with Gasteiger partial charge in [-0.2, -0.15) is 11.8 Å². The predicted octanol–water partition coefficient (Wildman–Crippen LogP) is 0.973. The van der Waals surface area contributed by atoms with Gasteiger partial charge in [0.05, 0.1) is 0 Å². The van der Waals surface area contributed by atoms with Gasteiger partial charge in [0.2, 0.25) is 0 Å². The number of nitrogens with one attached hydrogen (secondary N) is 1. The number of aryl methyl sites for hydroxylation is 1. The SMILES string of the molecule is Cc1nonc1CNC1CCSC1. The zero-order valence-corrected chi connectivity index (χ0v) is 8.43. The summed E-state index contributed by atoms with van der Waals surface area (Å²) >= 11 is 2.00. The van der Waals surface area contributed by atoms with Crippen molar-refractivity contribution in [1.29, 1.82) is 0 Å². The van der Waals surface area contributed by atoms with Crippen molar-refractivity contribution < 1.29 is 4.63 Å². The molecule has 0 bridgehead atoms. The minimum Gasteiger partial charge on any atom is -0.307 e. The molecule has 0 radical (unpaired) electrons. The minimum atomic E-state index is 0.640. The van der Waals surface area contributed by atoms with Crippen LogP contribution in [-0.4, -0.2) is 27.9 Å². The molecule has 72 valence electrons. The topological polar surface area (TPSA) is 51.0 Å². The Morgan fingerprint density at radius 1 is 1.62 bits per heavy atom. The molecule has 13 heavy (non-hydrogen) atoms. The average Bonchev–Trinajstić information content (AvgIpc) is 2.72. The van der Waals surface area contributed by atoms with Gasteiger partial charge in [0.25, 0.3) is 0 Å². The zero-order valence-electron chi connectivity index (χ0n) is 7.62.